The summed E-state index contributed by atoms with van der Waals surface area (Å²) in [4.78, 5) is 41.6. The lowest BCUT2D eigenvalue weighted by Gasteiger charge is -2.33. The Bertz CT molecular complexity index is 923. The molecule has 0 bridgehead atoms. The van der Waals surface area contributed by atoms with E-state index < -0.39 is 0 Å². The van der Waals surface area contributed by atoms with Crippen molar-refractivity contribution >= 4 is 17.7 Å². The third kappa shape index (κ3) is 3.33. The van der Waals surface area contributed by atoms with Crippen LogP contribution in [-0.2, 0) is 6.42 Å². The highest BCUT2D eigenvalue weighted by Crippen LogP contribution is 2.26. The molecule has 0 aromatic heterocycles. The first-order valence-electron chi connectivity index (χ1n) is 9.91. The van der Waals surface area contributed by atoms with Crippen molar-refractivity contribution in [2.75, 3.05) is 13.1 Å². The van der Waals surface area contributed by atoms with Gasteiger partial charge in [-0.25, -0.2) is 0 Å². The predicted molar refractivity (Wildman–Crippen MR) is 106 cm³/mol. The maximum atomic E-state index is 12.9. The molecule has 4 rings (SSSR count). The molecule has 1 saturated heterocycles. The summed E-state index contributed by atoms with van der Waals surface area (Å²) in [7, 11) is 0. The van der Waals surface area contributed by atoms with Gasteiger partial charge in [-0.2, -0.15) is 0 Å². The molecule has 5 heteroatoms. The maximum Gasteiger partial charge on any atom is 0.261 e. The van der Waals surface area contributed by atoms with Crippen LogP contribution in [-0.4, -0.2) is 46.7 Å². The summed E-state index contributed by atoms with van der Waals surface area (Å²) in [6.07, 6.45) is 3.76. The van der Waals surface area contributed by atoms with Gasteiger partial charge in [-0.3, -0.25) is 19.3 Å². The zero-order chi connectivity index (χ0) is 19.7. The highest BCUT2D eigenvalue weighted by Gasteiger charge is 2.36. The van der Waals surface area contributed by atoms with Crippen molar-refractivity contribution < 1.29 is 14.4 Å². The second-order valence-electron chi connectivity index (χ2n) is 7.60. The zero-order valence-electron chi connectivity index (χ0n) is 16.1. The monoisotopic (exact) mass is 376 g/mol. The van der Waals surface area contributed by atoms with Crippen LogP contribution in [0.25, 0.3) is 0 Å². The van der Waals surface area contributed by atoms with Crippen molar-refractivity contribution in [3.05, 3.63) is 70.8 Å². The Morgan fingerprint density at radius 2 is 1.75 bits per heavy atom. The SMILES string of the molecule is C[C@@H]1CCCCN1C(=O)c1ccc2c(c1)C(=O)N(CCc1ccccc1)C2=O. The van der Waals surface area contributed by atoms with Gasteiger partial charge in [-0.05, 0) is 56.4 Å². The Kier molecular flexibility index (Phi) is 4.99. The van der Waals surface area contributed by atoms with E-state index in [-0.39, 0.29) is 23.8 Å². The lowest BCUT2D eigenvalue weighted by Crippen LogP contribution is -2.42. The van der Waals surface area contributed by atoms with Gasteiger partial charge in [-0.15, -0.1) is 0 Å². The molecule has 1 fully saturated rings. The number of carbonyl (C=O) groups is 3. The number of hydrogen-bond acceptors (Lipinski definition) is 3. The summed E-state index contributed by atoms with van der Waals surface area (Å²) in [6, 6.07) is 14.9. The summed E-state index contributed by atoms with van der Waals surface area (Å²) in [5, 5.41) is 0. The number of rotatable bonds is 4. The number of hydrogen-bond donors (Lipinski definition) is 0. The number of fused-ring (bicyclic) bond motifs is 1. The highest BCUT2D eigenvalue weighted by atomic mass is 16.2. The Morgan fingerprint density at radius 3 is 2.50 bits per heavy atom. The van der Waals surface area contributed by atoms with Gasteiger partial charge in [0.15, 0.2) is 0 Å². The molecule has 0 spiro atoms. The molecule has 2 aliphatic rings. The summed E-state index contributed by atoms with van der Waals surface area (Å²) in [5.74, 6) is -0.642. The van der Waals surface area contributed by atoms with Gasteiger partial charge in [0.05, 0.1) is 11.1 Å². The van der Waals surface area contributed by atoms with Gasteiger partial charge < -0.3 is 4.90 Å². The first-order valence-corrected chi connectivity index (χ1v) is 9.91. The van der Waals surface area contributed by atoms with Crippen molar-refractivity contribution in [1.82, 2.24) is 9.80 Å². The molecule has 2 aliphatic heterocycles. The Labute approximate surface area is 164 Å². The fourth-order valence-electron chi connectivity index (χ4n) is 4.08. The standard InChI is InChI=1S/C23H24N2O3/c1-16-7-5-6-13-24(16)21(26)18-10-11-19-20(15-18)23(28)25(22(19)27)14-12-17-8-3-2-4-9-17/h2-4,8-11,15-16H,5-7,12-14H2,1H3/t16-/m1/s1. The molecule has 0 saturated carbocycles. The fourth-order valence-corrected chi connectivity index (χ4v) is 4.08. The number of likely N-dealkylation sites (tertiary alicyclic amines) is 1. The van der Waals surface area contributed by atoms with Gasteiger partial charge in [0.2, 0.25) is 0 Å². The van der Waals surface area contributed by atoms with E-state index in [9.17, 15) is 14.4 Å². The molecular formula is C23H24N2O3. The first kappa shape index (κ1) is 18.4. The zero-order valence-corrected chi connectivity index (χ0v) is 16.1. The molecule has 144 valence electrons. The molecule has 28 heavy (non-hydrogen) atoms. The van der Waals surface area contributed by atoms with Gasteiger partial charge >= 0.3 is 0 Å². The van der Waals surface area contributed by atoms with Crippen LogP contribution in [0, 0.1) is 0 Å². The molecule has 0 aliphatic carbocycles. The molecule has 2 heterocycles. The fraction of sp³-hybridized carbons (Fsp3) is 0.348. The summed E-state index contributed by atoms with van der Waals surface area (Å²) in [5.41, 5.74) is 2.29. The Balaban J connectivity index is 1.53. The third-order valence-electron chi connectivity index (χ3n) is 5.75. The number of piperidine rings is 1. The number of benzene rings is 2. The number of amides is 3. The van der Waals surface area contributed by atoms with E-state index in [1.165, 1.54) is 4.90 Å². The van der Waals surface area contributed by atoms with Crippen LogP contribution < -0.4 is 0 Å². The van der Waals surface area contributed by atoms with E-state index in [2.05, 4.69) is 6.92 Å². The quantitative estimate of drug-likeness (QED) is 0.767. The largest absolute Gasteiger partial charge is 0.336 e. The average Bonchev–Trinajstić information content (AvgIpc) is 2.96. The first-order chi connectivity index (χ1) is 13.6. The lowest BCUT2D eigenvalue weighted by atomic mass is 10.0. The molecule has 0 unspecified atom stereocenters. The Hall–Kier alpha value is -2.95. The Morgan fingerprint density at radius 1 is 1.00 bits per heavy atom. The van der Waals surface area contributed by atoms with Crippen LogP contribution in [0.5, 0.6) is 0 Å². The molecule has 0 radical (unpaired) electrons. The second-order valence-corrected chi connectivity index (χ2v) is 7.60. The third-order valence-corrected chi connectivity index (χ3v) is 5.75. The van der Waals surface area contributed by atoms with E-state index in [1.54, 1.807) is 18.2 Å². The van der Waals surface area contributed by atoms with Crippen molar-refractivity contribution in [1.29, 1.82) is 0 Å². The van der Waals surface area contributed by atoms with E-state index >= 15 is 0 Å². The maximum absolute atomic E-state index is 12.9. The molecule has 0 N–H and O–H groups in total. The van der Waals surface area contributed by atoms with Crippen LogP contribution >= 0.6 is 0 Å². The summed E-state index contributed by atoms with van der Waals surface area (Å²) >= 11 is 0. The van der Waals surface area contributed by atoms with E-state index in [0.29, 0.717) is 29.7 Å². The second kappa shape index (κ2) is 7.58. The van der Waals surface area contributed by atoms with Gasteiger partial charge in [-0.1, -0.05) is 30.3 Å². The van der Waals surface area contributed by atoms with Crippen molar-refractivity contribution in [2.45, 2.75) is 38.6 Å². The molecular weight excluding hydrogens is 352 g/mol. The van der Waals surface area contributed by atoms with E-state index in [1.807, 2.05) is 35.2 Å². The predicted octanol–water partition coefficient (Wildman–Crippen LogP) is 3.54. The topological polar surface area (TPSA) is 57.7 Å². The van der Waals surface area contributed by atoms with Crippen LogP contribution in [0.15, 0.2) is 48.5 Å². The van der Waals surface area contributed by atoms with E-state index in [4.69, 9.17) is 0 Å². The normalized spacial score (nSPS) is 19.1. The van der Waals surface area contributed by atoms with Crippen LogP contribution in [0.1, 0.15) is 62.8 Å². The minimum Gasteiger partial charge on any atom is -0.336 e. The van der Waals surface area contributed by atoms with Gasteiger partial charge in [0.25, 0.3) is 17.7 Å². The van der Waals surface area contributed by atoms with E-state index in [0.717, 1.165) is 31.4 Å². The van der Waals surface area contributed by atoms with Crippen LogP contribution in [0.4, 0.5) is 0 Å². The average molecular weight is 376 g/mol. The molecule has 3 amide bonds. The van der Waals surface area contributed by atoms with Gasteiger partial charge in [0, 0.05) is 24.7 Å². The molecule has 5 nitrogen and oxygen atoms in total. The van der Waals surface area contributed by atoms with Crippen molar-refractivity contribution in [3.63, 3.8) is 0 Å². The highest BCUT2D eigenvalue weighted by molar-refractivity contribution is 6.22. The molecule has 2 aromatic rings. The smallest absolute Gasteiger partial charge is 0.261 e. The number of carbonyl (C=O) groups excluding carboxylic acids is 3. The van der Waals surface area contributed by atoms with Crippen LogP contribution in [0.2, 0.25) is 0 Å². The van der Waals surface area contributed by atoms with Crippen molar-refractivity contribution in [2.24, 2.45) is 0 Å². The number of imide groups is 1. The minimum absolute atomic E-state index is 0.0574. The molecule has 1 atom stereocenters. The summed E-state index contributed by atoms with van der Waals surface area (Å²) < 4.78 is 0. The molecule has 2 aromatic carbocycles. The van der Waals surface area contributed by atoms with Crippen molar-refractivity contribution in [3.8, 4) is 0 Å². The number of nitrogens with zero attached hydrogens (tertiary/aromatic N) is 2. The van der Waals surface area contributed by atoms with Gasteiger partial charge in [0.1, 0.15) is 0 Å². The van der Waals surface area contributed by atoms with Crippen LogP contribution in [0.3, 0.4) is 0 Å². The minimum atomic E-state index is -0.308. The summed E-state index contributed by atoms with van der Waals surface area (Å²) in [6.45, 7) is 3.14. The lowest BCUT2D eigenvalue weighted by molar-refractivity contribution is 0.0633.